The lowest BCUT2D eigenvalue weighted by Gasteiger charge is -2.14. The monoisotopic (exact) mass is 373 g/mol. The zero-order valence-electron chi connectivity index (χ0n) is 13.7. The van der Waals surface area contributed by atoms with Crippen LogP contribution in [0.1, 0.15) is 20.7 Å². The number of nitrogens with one attached hydrogen (secondary N) is 2. The molecule has 1 aliphatic heterocycles. The molecule has 0 spiro atoms. The highest BCUT2D eigenvalue weighted by Gasteiger charge is 2.36. The van der Waals surface area contributed by atoms with Crippen LogP contribution in [0.2, 0.25) is 0 Å². The summed E-state index contributed by atoms with van der Waals surface area (Å²) in [5.74, 6) is -1.61. The lowest BCUT2D eigenvalue weighted by Crippen LogP contribution is -2.37. The van der Waals surface area contributed by atoms with Gasteiger partial charge in [-0.3, -0.25) is 24.0 Å². The van der Waals surface area contributed by atoms with Crippen molar-refractivity contribution in [2.75, 3.05) is 22.8 Å². The summed E-state index contributed by atoms with van der Waals surface area (Å²) in [6.07, 6.45) is 1.01. The van der Waals surface area contributed by atoms with Gasteiger partial charge in [0, 0.05) is 5.69 Å². The Hall–Kier alpha value is -3.20. The van der Waals surface area contributed by atoms with Crippen LogP contribution >= 0.6 is 0 Å². The molecule has 9 heteroatoms. The van der Waals surface area contributed by atoms with Gasteiger partial charge >= 0.3 is 0 Å². The second-order valence-corrected chi connectivity index (χ2v) is 7.49. The highest BCUT2D eigenvalue weighted by molar-refractivity contribution is 7.92. The molecule has 0 saturated heterocycles. The molecular formula is C17H15N3O5S. The Labute approximate surface area is 149 Å². The molecule has 26 heavy (non-hydrogen) atoms. The predicted octanol–water partition coefficient (Wildman–Crippen LogP) is 1.29. The van der Waals surface area contributed by atoms with Crippen LogP contribution < -0.4 is 10.0 Å². The first kappa shape index (κ1) is 17.6. The molecule has 2 N–H and O–H groups in total. The van der Waals surface area contributed by atoms with E-state index < -0.39 is 34.3 Å². The minimum Gasteiger partial charge on any atom is -0.324 e. The molecule has 0 aliphatic carbocycles. The molecule has 0 fully saturated rings. The third kappa shape index (κ3) is 3.72. The van der Waals surface area contributed by atoms with Crippen molar-refractivity contribution < 1.29 is 22.8 Å². The Morgan fingerprint density at radius 1 is 0.962 bits per heavy atom. The number of carbonyl (C=O) groups excluding carboxylic acids is 3. The van der Waals surface area contributed by atoms with Crippen molar-refractivity contribution >= 4 is 39.1 Å². The van der Waals surface area contributed by atoms with Crippen molar-refractivity contribution in [2.45, 2.75) is 0 Å². The van der Waals surface area contributed by atoms with E-state index in [1.54, 1.807) is 24.3 Å². The zero-order valence-corrected chi connectivity index (χ0v) is 14.5. The number of carbonyl (C=O) groups is 3. The number of anilines is 2. The number of fused-ring (bicyclic) bond motifs is 1. The topological polar surface area (TPSA) is 113 Å². The number of hydrogen-bond donors (Lipinski definition) is 2. The maximum Gasteiger partial charge on any atom is 0.262 e. The molecule has 1 aliphatic rings. The van der Waals surface area contributed by atoms with Crippen molar-refractivity contribution in [2.24, 2.45) is 0 Å². The normalized spacial score (nSPS) is 13.5. The quantitative estimate of drug-likeness (QED) is 0.767. The van der Waals surface area contributed by atoms with E-state index in [2.05, 4.69) is 10.0 Å². The molecule has 8 nitrogen and oxygen atoms in total. The third-order valence-electron chi connectivity index (χ3n) is 3.63. The summed E-state index contributed by atoms with van der Waals surface area (Å²) in [6, 6.07) is 12.4. The van der Waals surface area contributed by atoms with Crippen molar-refractivity contribution in [1.82, 2.24) is 4.90 Å². The van der Waals surface area contributed by atoms with Crippen molar-refractivity contribution in [3.63, 3.8) is 0 Å². The van der Waals surface area contributed by atoms with Gasteiger partial charge in [0.15, 0.2) is 0 Å². The van der Waals surface area contributed by atoms with Gasteiger partial charge in [-0.1, -0.05) is 18.2 Å². The Bertz CT molecular complexity index is 982. The van der Waals surface area contributed by atoms with Crippen molar-refractivity contribution in [3.8, 4) is 0 Å². The fourth-order valence-corrected chi connectivity index (χ4v) is 3.16. The van der Waals surface area contributed by atoms with E-state index in [0.29, 0.717) is 5.69 Å². The van der Waals surface area contributed by atoms with Gasteiger partial charge < -0.3 is 5.32 Å². The average molecular weight is 373 g/mol. The van der Waals surface area contributed by atoms with Crippen LogP contribution in [-0.4, -0.2) is 43.8 Å². The lowest BCUT2D eigenvalue weighted by molar-refractivity contribution is -0.116. The van der Waals surface area contributed by atoms with Gasteiger partial charge in [-0.15, -0.1) is 0 Å². The highest BCUT2D eigenvalue weighted by Crippen LogP contribution is 2.22. The lowest BCUT2D eigenvalue weighted by atomic mass is 10.1. The maximum absolute atomic E-state index is 12.3. The summed E-state index contributed by atoms with van der Waals surface area (Å²) in [7, 11) is -3.45. The summed E-state index contributed by atoms with van der Waals surface area (Å²) >= 11 is 0. The minimum absolute atomic E-state index is 0.268. The number of benzene rings is 2. The van der Waals surface area contributed by atoms with E-state index in [1.165, 1.54) is 24.3 Å². The average Bonchev–Trinajstić information content (AvgIpc) is 2.79. The third-order valence-corrected chi connectivity index (χ3v) is 4.24. The first-order valence-corrected chi connectivity index (χ1v) is 9.47. The van der Waals surface area contributed by atoms with Crippen LogP contribution in [0.15, 0.2) is 48.5 Å². The van der Waals surface area contributed by atoms with Gasteiger partial charge in [0.05, 0.1) is 23.1 Å². The number of rotatable bonds is 5. The fraction of sp³-hybridized carbons (Fsp3) is 0.118. The van der Waals surface area contributed by atoms with E-state index in [1.807, 2.05) is 0 Å². The van der Waals surface area contributed by atoms with Crippen LogP contribution in [0.4, 0.5) is 11.4 Å². The number of hydrogen-bond acceptors (Lipinski definition) is 5. The second-order valence-electron chi connectivity index (χ2n) is 5.75. The molecule has 2 aromatic carbocycles. The molecule has 0 radical (unpaired) electrons. The number of amides is 3. The Balaban J connectivity index is 1.70. The number of imide groups is 1. The molecule has 0 bridgehead atoms. The number of sulfonamides is 1. The predicted molar refractivity (Wildman–Crippen MR) is 95.3 cm³/mol. The van der Waals surface area contributed by atoms with Gasteiger partial charge in [-0.05, 0) is 30.3 Å². The molecule has 134 valence electrons. The second kappa shape index (κ2) is 6.60. The highest BCUT2D eigenvalue weighted by atomic mass is 32.2. The van der Waals surface area contributed by atoms with E-state index in [-0.39, 0.29) is 16.8 Å². The van der Waals surface area contributed by atoms with E-state index in [0.717, 1.165) is 11.2 Å². The van der Waals surface area contributed by atoms with Gasteiger partial charge in [0.2, 0.25) is 15.9 Å². The molecule has 0 saturated carbocycles. The molecule has 1 heterocycles. The molecule has 0 unspecified atom stereocenters. The minimum atomic E-state index is -3.45. The number of nitrogens with zero attached hydrogens (tertiary/aromatic N) is 1. The van der Waals surface area contributed by atoms with Crippen LogP contribution in [0, 0.1) is 0 Å². The van der Waals surface area contributed by atoms with Gasteiger partial charge in [-0.2, -0.15) is 0 Å². The van der Waals surface area contributed by atoms with E-state index >= 15 is 0 Å². The summed E-state index contributed by atoms with van der Waals surface area (Å²) < 4.78 is 24.8. The van der Waals surface area contributed by atoms with E-state index in [4.69, 9.17) is 0 Å². The molecule has 3 amide bonds. The standard InChI is InChI=1S/C17H15N3O5S/c1-26(24,25)19-12-6-4-5-11(9-12)18-15(21)10-20-16(22)13-7-2-3-8-14(13)17(20)23/h2-9,19H,10H2,1H3,(H,18,21). The molecule has 3 rings (SSSR count). The maximum atomic E-state index is 12.3. The van der Waals surface area contributed by atoms with Crippen LogP contribution in [-0.2, 0) is 14.8 Å². The summed E-state index contributed by atoms with van der Waals surface area (Å²) in [6.45, 7) is -0.434. The molecule has 0 atom stereocenters. The summed E-state index contributed by atoms with van der Waals surface area (Å²) in [4.78, 5) is 37.6. The van der Waals surface area contributed by atoms with Crippen LogP contribution in [0.25, 0.3) is 0 Å². The first-order valence-electron chi connectivity index (χ1n) is 7.57. The zero-order chi connectivity index (χ0) is 18.9. The Morgan fingerprint density at radius 3 is 2.12 bits per heavy atom. The Morgan fingerprint density at radius 2 is 1.54 bits per heavy atom. The SMILES string of the molecule is CS(=O)(=O)Nc1cccc(NC(=O)CN2C(=O)c3ccccc3C2=O)c1. The van der Waals surface area contributed by atoms with Crippen molar-refractivity contribution in [3.05, 3.63) is 59.7 Å². The van der Waals surface area contributed by atoms with Gasteiger partial charge in [0.1, 0.15) is 6.54 Å². The summed E-state index contributed by atoms with van der Waals surface area (Å²) in [5, 5.41) is 2.54. The van der Waals surface area contributed by atoms with Crippen LogP contribution in [0.5, 0.6) is 0 Å². The molecule has 2 aromatic rings. The fourth-order valence-electron chi connectivity index (χ4n) is 2.60. The summed E-state index contributed by atoms with van der Waals surface area (Å²) in [5.41, 5.74) is 1.15. The molecular weight excluding hydrogens is 358 g/mol. The van der Waals surface area contributed by atoms with Gasteiger partial charge in [0.25, 0.3) is 11.8 Å². The molecule has 0 aromatic heterocycles. The Kier molecular flexibility index (Phi) is 4.47. The van der Waals surface area contributed by atoms with Gasteiger partial charge in [-0.25, -0.2) is 8.42 Å². The van der Waals surface area contributed by atoms with Crippen molar-refractivity contribution in [1.29, 1.82) is 0 Å². The largest absolute Gasteiger partial charge is 0.324 e. The first-order chi connectivity index (χ1) is 12.2. The van der Waals surface area contributed by atoms with E-state index in [9.17, 15) is 22.8 Å². The van der Waals surface area contributed by atoms with Crippen LogP contribution in [0.3, 0.4) is 0 Å². The smallest absolute Gasteiger partial charge is 0.262 e.